The first-order valence-electron chi connectivity index (χ1n) is 7.90. The summed E-state index contributed by atoms with van der Waals surface area (Å²) in [5.74, 6) is 0.901. The second-order valence-corrected chi connectivity index (χ2v) is 5.58. The van der Waals surface area contributed by atoms with E-state index >= 15 is 0 Å². The van der Waals surface area contributed by atoms with Crippen molar-refractivity contribution in [3.8, 4) is 17.6 Å². The van der Waals surface area contributed by atoms with Gasteiger partial charge in [0.1, 0.15) is 0 Å². The molecular weight excluding hydrogens is 334 g/mol. The molecule has 0 saturated carbocycles. The number of methoxy groups -OCH3 is 2. The number of amides is 1. The van der Waals surface area contributed by atoms with E-state index in [2.05, 4.69) is 10.5 Å². The van der Waals surface area contributed by atoms with Crippen molar-refractivity contribution in [2.45, 2.75) is 12.5 Å². The highest BCUT2D eigenvalue weighted by atomic mass is 16.6. The fourth-order valence-electron chi connectivity index (χ4n) is 2.56. The molecule has 2 aromatic rings. The Bertz CT molecular complexity index is 885. The number of nitrogens with zero attached hydrogens (tertiary/aromatic N) is 2. The number of carbonyl (C=O) groups is 1. The molecule has 2 aromatic carbocycles. The van der Waals surface area contributed by atoms with Crippen molar-refractivity contribution in [3.63, 3.8) is 0 Å². The highest BCUT2D eigenvalue weighted by molar-refractivity contribution is 6.06. The van der Waals surface area contributed by atoms with Gasteiger partial charge in [-0.25, -0.2) is 0 Å². The van der Waals surface area contributed by atoms with Crippen LogP contribution in [-0.4, -0.2) is 31.9 Å². The minimum Gasteiger partial charge on any atom is -0.493 e. The first kappa shape index (κ1) is 17.3. The van der Waals surface area contributed by atoms with Gasteiger partial charge in [-0.15, -0.1) is 0 Å². The van der Waals surface area contributed by atoms with E-state index in [0.717, 1.165) is 5.56 Å². The van der Waals surface area contributed by atoms with Crippen LogP contribution in [0.1, 0.15) is 17.5 Å². The van der Waals surface area contributed by atoms with Crippen LogP contribution >= 0.6 is 0 Å². The topological polar surface area (TPSA) is 92.9 Å². The van der Waals surface area contributed by atoms with Crippen LogP contribution in [0.25, 0.3) is 0 Å². The molecule has 0 radical (unpaired) electrons. The normalized spacial score (nSPS) is 15.4. The first-order valence-corrected chi connectivity index (χ1v) is 7.90. The van der Waals surface area contributed by atoms with Gasteiger partial charge in [0.2, 0.25) is 6.10 Å². The molecule has 0 bridgehead atoms. The maximum Gasteiger partial charge on any atom is 0.268 e. The molecule has 0 saturated heterocycles. The third-order valence-electron chi connectivity index (χ3n) is 3.96. The molecule has 0 spiro atoms. The van der Waals surface area contributed by atoms with Gasteiger partial charge in [-0.05, 0) is 42.5 Å². The molecule has 26 heavy (non-hydrogen) atoms. The Morgan fingerprint density at radius 2 is 1.92 bits per heavy atom. The van der Waals surface area contributed by atoms with E-state index in [1.807, 2.05) is 12.1 Å². The summed E-state index contributed by atoms with van der Waals surface area (Å²) in [5.41, 5.74) is 2.58. The lowest BCUT2D eigenvalue weighted by Crippen LogP contribution is -2.28. The molecule has 1 aliphatic rings. The Labute approximate surface area is 150 Å². The fourth-order valence-corrected chi connectivity index (χ4v) is 2.56. The van der Waals surface area contributed by atoms with Gasteiger partial charge in [-0.3, -0.25) is 4.79 Å². The summed E-state index contributed by atoms with van der Waals surface area (Å²) in [6, 6.07) is 14.0. The highest BCUT2D eigenvalue weighted by Crippen LogP contribution is 2.29. The largest absolute Gasteiger partial charge is 0.493 e. The number of ether oxygens (including phenoxy) is 2. The summed E-state index contributed by atoms with van der Waals surface area (Å²) in [7, 11) is 3.12. The Hall–Kier alpha value is -3.53. The molecule has 1 heterocycles. The number of carbonyl (C=O) groups excluding carboxylic acids is 1. The summed E-state index contributed by atoms with van der Waals surface area (Å²) in [6.07, 6.45) is -0.369. The molecule has 7 nitrogen and oxygen atoms in total. The van der Waals surface area contributed by atoms with Crippen molar-refractivity contribution in [1.82, 2.24) is 0 Å². The van der Waals surface area contributed by atoms with E-state index in [-0.39, 0.29) is 5.91 Å². The number of oxime groups is 1. The van der Waals surface area contributed by atoms with Crippen molar-refractivity contribution >= 4 is 17.3 Å². The smallest absolute Gasteiger partial charge is 0.268 e. The average molecular weight is 351 g/mol. The number of anilines is 1. The molecule has 1 amide bonds. The summed E-state index contributed by atoms with van der Waals surface area (Å²) >= 11 is 0. The van der Waals surface area contributed by atoms with Gasteiger partial charge in [0.05, 0.1) is 31.6 Å². The van der Waals surface area contributed by atoms with Crippen LogP contribution in [0, 0.1) is 11.3 Å². The van der Waals surface area contributed by atoms with Crippen LogP contribution in [-0.2, 0) is 9.63 Å². The van der Waals surface area contributed by atoms with Crippen molar-refractivity contribution in [2.75, 3.05) is 19.5 Å². The van der Waals surface area contributed by atoms with Crippen LogP contribution < -0.4 is 14.8 Å². The zero-order chi connectivity index (χ0) is 18.5. The minimum absolute atomic E-state index is 0.297. The Balaban J connectivity index is 1.65. The molecular formula is C19H17N3O4. The lowest BCUT2D eigenvalue weighted by atomic mass is 10.0. The molecule has 7 heteroatoms. The predicted molar refractivity (Wildman–Crippen MR) is 95.4 cm³/mol. The number of nitrogens with one attached hydrogen (secondary N) is 1. The van der Waals surface area contributed by atoms with Gasteiger partial charge < -0.3 is 19.6 Å². The highest BCUT2D eigenvalue weighted by Gasteiger charge is 2.29. The van der Waals surface area contributed by atoms with Crippen molar-refractivity contribution in [2.24, 2.45) is 5.16 Å². The van der Waals surface area contributed by atoms with Crippen LogP contribution in [0.4, 0.5) is 5.69 Å². The Morgan fingerprint density at radius 1 is 1.19 bits per heavy atom. The fraction of sp³-hybridized carbons (Fsp3) is 0.211. The molecule has 3 rings (SSSR count). The van der Waals surface area contributed by atoms with E-state index in [9.17, 15) is 4.79 Å². The summed E-state index contributed by atoms with van der Waals surface area (Å²) in [4.78, 5) is 17.6. The second-order valence-electron chi connectivity index (χ2n) is 5.58. The SMILES string of the molecule is COc1ccc(C2=NOC(C(=O)Nc3ccc(C#N)cc3)C2)cc1OC. The number of benzene rings is 2. The van der Waals surface area contributed by atoms with Crippen molar-refractivity contribution < 1.29 is 19.1 Å². The van der Waals surface area contributed by atoms with E-state index in [0.29, 0.717) is 34.9 Å². The maximum atomic E-state index is 12.4. The number of rotatable bonds is 5. The van der Waals surface area contributed by atoms with Gasteiger partial charge in [0.15, 0.2) is 11.5 Å². The molecule has 1 unspecified atom stereocenters. The van der Waals surface area contributed by atoms with Crippen LogP contribution in [0.5, 0.6) is 11.5 Å². The minimum atomic E-state index is -0.714. The van der Waals surface area contributed by atoms with Crippen molar-refractivity contribution in [3.05, 3.63) is 53.6 Å². The monoisotopic (exact) mass is 351 g/mol. The molecule has 1 N–H and O–H groups in total. The zero-order valence-electron chi connectivity index (χ0n) is 14.4. The van der Waals surface area contributed by atoms with E-state index in [1.54, 1.807) is 50.6 Å². The third-order valence-corrected chi connectivity index (χ3v) is 3.96. The quantitative estimate of drug-likeness (QED) is 0.894. The van der Waals surface area contributed by atoms with E-state index in [1.165, 1.54) is 0 Å². The van der Waals surface area contributed by atoms with Gasteiger partial charge in [-0.1, -0.05) is 5.16 Å². The molecule has 0 aromatic heterocycles. The zero-order valence-corrected chi connectivity index (χ0v) is 14.4. The molecule has 0 aliphatic carbocycles. The average Bonchev–Trinajstić information content (AvgIpc) is 3.18. The molecule has 132 valence electrons. The number of nitriles is 1. The van der Waals surface area contributed by atoms with Gasteiger partial charge >= 0.3 is 0 Å². The molecule has 1 aliphatic heterocycles. The van der Waals surface area contributed by atoms with Crippen LogP contribution in [0.3, 0.4) is 0 Å². The van der Waals surface area contributed by atoms with Crippen LogP contribution in [0.15, 0.2) is 47.6 Å². The summed E-state index contributed by atoms with van der Waals surface area (Å²) in [6.45, 7) is 0. The lowest BCUT2D eigenvalue weighted by molar-refractivity contribution is -0.125. The first-order chi connectivity index (χ1) is 12.6. The third kappa shape index (κ3) is 3.59. The number of hydrogen-bond acceptors (Lipinski definition) is 6. The van der Waals surface area contributed by atoms with Gasteiger partial charge in [0, 0.05) is 17.7 Å². The summed E-state index contributed by atoms with van der Waals surface area (Å²) < 4.78 is 10.5. The lowest BCUT2D eigenvalue weighted by Gasteiger charge is -2.10. The van der Waals surface area contributed by atoms with E-state index < -0.39 is 6.10 Å². The Morgan fingerprint density at radius 3 is 2.58 bits per heavy atom. The maximum absolute atomic E-state index is 12.4. The molecule has 1 atom stereocenters. The van der Waals surface area contributed by atoms with Gasteiger partial charge in [0.25, 0.3) is 5.91 Å². The van der Waals surface area contributed by atoms with Gasteiger partial charge in [-0.2, -0.15) is 5.26 Å². The van der Waals surface area contributed by atoms with Crippen molar-refractivity contribution in [1.29, 1.82) is 5.26 Å². The number of hydrogen-bond donors (Lipinski definition) is 1. The standard InChI is InChI=1S/C19H17N3O4/c1-24-16-8-5-13(9-17(16)25-2)15-10-18(26-22-15)19(23)21-14-6-3-12(11-20)4-7-14/h3-9,18H,10H2,1-2H3,(H,21,23). The molecule has 0 fully saturated rings. The van der Waals surface area contributed by atoms with Crippen LogP contribution in [0.2, 0.25) is 0 Å². The second kappa shape index (κ2) is 7.57. The van der Waals surface area contributed by atoms with E-state index in [4.69, 9.17) is 19.6 Å². The Kier molecular flexibility index (Phi) is 5.04. The predicted octanol–water partition coefficient (Wildman–Crippen LogP) is 2.71. The summed E-state index contributed by atoms with van der Waals surface area (Å²) in [5, 5.41) is 15.6.